The third-order valence-corrected chi connectivity index (χ3v) is 12.5. The predicted octanol–water partition coefficient (Wildman–Crippen LogP) is 2.69. The van der Waals surface area contributed by atoms with E-state index in [1.54, 1.807) is 19.1 Å². The van der Waals surface area contributed by atoms with Crippen LogP contribution in [0, 0.1) is 34.5 Å². The molecule has 6 aliphatic rings. The molecule has 3 N–H and O–H groups in total. The Balaban J connectivity index is 1.31. The van der Waals surface area contributed by atoms with Crippen LogP contribution in [0.1, 0.15) is 79.6 Å². The Morgan fingerprint density at radius 3 is 2.43 bits per heavy atom. The molecule has 4 aliphatic carbocycles. The average Bonchev–Trinajstić information content (AvgIpc) is 3.26. The third-order valence-electron chi connectivity index (χ3n) is 12.5. The summed E-state index contributed by atoms with van der Waals surface area (Å²) in [7, 11) is 0. The minimum atomic E-state index is -1.45. The summed E-state index contributed by atoms with van der Waals surface area (Å²) in [6, 6.07) is 0. The van der Waals surface area contributed by atoms with E-state index in [0.717, 1.165) is 12.8 Å². The highest BCUT2D eigenvalue weighted by Gasteiger charge is 2.76. The van der Waals surface area contributed by atoms with Gasteiger partial charge in [-0.15, -0.1) is 0 Å². The summed E-state index contributed by atoms with van der Waals surface area (Å²) in [5, 5.41) is 35.1. The molecule has 0 aromatic carbocycles. The number of ether oxygens (including phenoxy) is 2. The SMILES string of the molecule is C[C@H]([C@H]1C[C@@]2(C)O[C@@]2(C)C(=O)O1)[C@@]1(O)CC[C@H]2[C@@H]3C[C@@H](O)[C@@]4(O)CC=CC(=O)[C@]4(C)[C@H]3CC[C@@]21C. The van der Waals surface area contributed by atoms with Crippen LogP contribution in [-0.2, 0) is 19.1 Å². The van der Waals surface area contributed by atoms with E-state index in [4.69, 9.17) is 9.47 Å². The van der Waals surface area contributed by atoms with Crippen LogP contribution in [0.25, 0.3) is 0 Å². The number of aliphatic hydroxyl groups is 3. The molecule has 5 fully saturated rings. The Hall–Kier alpha value is -1.28. The Morgan fingerprint density at radius 2 is 1.74 bits per heavy atom. The first-order chi connectivity index (χ1) is 16.2. The van der Waals surface area contributed by atoms with Gasteiger partial charge < -0.3 is 24.8 Å². The number of carbonyl (C=O) groups is 2. The van der Waals surface area contributed by atoms with Gasteiger partial charge in [0.1, 0.15) is 17.3 Å². The van der Waals surface area contributed by atoms with Gasteiger partial charge in [0.05, 0.1) is 17.1 Å². The molecule has 12 atom stereocenters. The van der Waals surface area contributed by atoms with Gasteiger partial charge in [-0.25, -0.2) is 4.79 Å². The van der Waals surface area contributed by atoms with Crippen LogP contribution < -0.4 is 0 Å². The maximum Gasteiger partial charge on any atom is 0.341 e. The largest absolute Gasteiger partial charge is 0.460 e. The Kier molecular flexibility index (Phi) is 4.66. The number of epoxide rings is 1. The number of ketones is 1. The lowest BCUT2D eigenvalue weighted by Gasteiger charge is -2.63. The van der Waals surface area contributed by atoms with Crippen LogP contribution in [0.2, 0.25) is 0 Å². The van der Waals surface area contributed by atoms with E-state index in [2.05, 4.69) is 6.92 Å². The molecule has 7 nitrogen and oxygen atoms in total. The number of rotatable bonds is 2. The summed E-state index contributed by atoms with van der Waals surface area (Å²) < 4.78 is 11.7. The maximum absolute atomic E-state index is 13.2. The third kappa shape index (κ3) is 2.56. The zero-order valence-electron chi connectivity index (χ0n) is 21.5. The minimum Gasteiger partial charge on any atom is -0.460 e. The van der Waals surface area contributed by atoms with Crippen LogP contribution in [0.3, 0.4) is 0 Å². The molecular weight excluding hydrogens is 448 g/mol. The van der Waals surface area contributed by atoms with Crippen molar-refractivity contribution in [3.8, 4) is 0 Å². The highest BCUT2D eigenvalue weighted by Crippen LogP contribution is 2.70. The monoisotopic (exact) mass is 488 g/mol. The number of fused-ring (bicyclic) bond motifs is 6. The van der Waals surface area contributed by atoms with E-state index in [1.165, 1.54) is 0 Å². The molecule has 0 bridgehead atoms. The highest BCUT2D eigenvalue weighted by atomic mass is 16.7. The number of esters is 1. The fourth-order valence-electron chi connectivity index (χ4n) is 9.70. The Morgan fingerprint density at radius 1 is 1.06 bits per heavy atom. The topological polar surface area (TPSA) is 117 Å². The highest BCUT2D eigenvalue weighted by molar-refractivity contribution is 5.97. The lowest BCUT2D eigenvalue weighted by atomic mass is 9.42. The van der Waals surface area contributed by atoms with Crippen molar-refractivity contribution in [2.75, 3.05) is 0 Å². The van der Waals surface area contributed by atoms with Gasteiger partial charge in [0.15, 0.2) is 11.4 Å². The standard InChI is InChI=1S/C28H40O7/c1-15(19-14-24(3)26(5,35-24)22(31)34-19)27(32)12-9-17-16-13-21(30)28(33)10-6-7-20(29)25(28,4)18(16)8-11-23(17,27)2/h6-7,15-19,21,30,32-33H,8-14H2,1-5H3/t15-,16+,17+,18+,19-,21-,23+,24-,25+,26+,27+,28+/m1/s1. The lowest BCUT2D eigenvalue weighted by molar-refractivity contribution is -0.242. The van der Waals surface area contributed by atoms with Crippen molar-refractivity contribution in [1.82, 2.24) is 0 Å². The van der Waals surface area contributed by atoms with Gasteiger partial charge in [-0.2, -0.15) is 0 Å². The molecule has 0 unspecified atom stereocenters. The summed E-state index contributed by atoms with van der Waals surface area (Å²) in [5.74, 6) is -0.616. The second-order valence-electron chi connectivity index (χ2n) is 13.4. The molecule has 7 heteroatoms. The first kappa shape index (κ1) is 24.1. The van der Waals surface area contributed by atoms with E-state index in [-0.39, 0.29) is 41.8 Å². The first-order valence-electron chi connectivity index (χ1n) is 13.4. The summed E-state index contributed by atoms with van der Waals surface area (Å²) in [6.45, 7) is 9.72. The molecule has 2 heterocycles. The van der Waals surface area contributed by atoms with Gasteiger partial charge >= 0.3 is 5.97 Å². The Bertz CT molecular complexity index is 1020. The van der Waals surface area contributed by atoms with Gasteiger partial charge in [0, 0.05) is 12.3 Å². The quantitative estimate of drug-likeness (QED) is 0.404. The van der Waals surface area contributed by atoms with Gasteiger partial charge in [-0.05, 0) is 88.5 Å². The summed E-state index contributed by atoms with van der Waals surface area (Å²) in [5.41, 5.74) is -5.38. The average molecular weight is 489 g/mol. The molecule has 3 saturated carbocycles. The molecular formula is C28H40O7. The fraction of sp³-hybridized carbons (Fsp3) is 0.857. The van der Waals surface area contributed by atoms with Gasteiger partial charge in [-0.3, -0.25) is 4.79 Å². The summed E-state index contributed by atoms with van der Waals surface area (Å²) in [6.07, 6.45) is 5.96. The second-order valence-corrected chi connectivity index (χ2v) is 13.4. The molecule has 0 aromatic heterocycles. The maximum atomic E-state index is 13.2. The molecule has 6 rings (SSSR count). The Labute approximate surface area is 207 Å². The van der Waals surface area contributed by atoms with Crippen molar-refractivity contribution >= 4 is 11.8 Å². The summed E-state index contributed by atoms with van der Waals surface area (Å²) in [4.78, 5) is 25.9. The van der Waals surface area contributed by atoms with E-state index in [1.807, 2.05) is 20.8 Å². The molecule has 0 spiro atoms. The lowest BCUT2D eigenvalue weighted by Crippen LogP contribution is -2.70. The van der Waals surface area contributed by atoms with Crippen molar-refractivity contribution in [2.45, 2.75) is 114 Å². The smallest absolute Gasteiger partial charge is 0.341 e. The van der Waals surface area contributed by atoms with Crippen molar-refractivity contribution in [3.63, 3.8) is 0 Å². The molecule has 2 saturated heterocycles. The molecule has 35 heavy (non-hydrogen) atoms. The van der Waals surface area contributed by atoms with Crippen LogP contribution in [0.15, 0.2) is 12.2 Å². The molecule has 0 aromatic rings. The van der Waals surface area contributed by atoms with Crippen molar-refractivity contribution in [1.29, 1.82) is 0 Å². The number of hydrogen-bond donors (Lipinski definition) is 3. The molecule has 194 valence electrons. The van der Waals surface area contributed by atoms with Crippen LogP contribution >= 0.6 is 0 Å². The normalized spacial score (nSPS) is 59.6. The molecule has 2 aliphatic heterocycles. The molecule has 0 amide bonds. The molecule has 0 radical (unpaired) electrons. The van der Waals surface area contributed by atoms with Crippen LogP contribution in [0.4, 0.5) is 0 Å². The van der Waals surface area contributed by atoms with Crippen molar-refractivity contribution in [2.24, 2.45) is 34.5 Å². The van der Waals surface area contributed by atoms with Gasteiger partial charge in [0.2, 0.25) is 0 Å². The number of aliphatic hydroxyl groups excluding tert-OH is 1. The second kappa shape index (κ2) is 6.77. The number of cyclic esters (lactones) is 1. The predicted molar refractivity (Wildman–Crippen MR) is 126 cm³/mol. The van der Waals surface area contributed by atoms with Crippen molar-refractivity contribution < 1.29 is 34.4 Å². The van der Waals surface area contributed by atoms with Crippen LogP contribution in [-0.4, -0.2) is 61.7 Å². The zero-order chi connectivity index (χ0) is 25.4. The minimum absolute atomic E-state index is 0.0344. The van der Waals surface area contributed by atoms with E-state index >= 15 is 0 Å². The number of hydrogen-bond acceptors (Lipinski definition) is 7. The van der Waals surface area contributed by atoms with Gasteiger partial charge in [0.25, 0.3) is 0 Å². The summed E-state index contributed by atoms with van der Waals surface area (Å²) >= 11 is 0. The van der Waals surface area contributed by atoms with Crippen molar-refractivity contribution in [3.05, 3.63) is 12.2 Å². The fourth-order valence-corrected chi connectivity index (χ4v) is 9.70. The zero-order valence-corrected chi connectivity index (χ0v) is 21.5. The van der Waals surface area contributed by atoms with E-state index in [0.29, 0.717) is 25.7 Å². The van der Waals surface area contributed by atoms with E-state index < -0.39 is 45.4 Å². The van der Waals surface area contributed by atoms with Crippen LogP contribution in [0.5, 0.6) is 0 Å². The van der Waals surface area contributed by atoms with Gasteiger partial charge in [-0.1, -0.05) is 19.9 Å². The number of carbonyl (C=O) groups excluding carboxylic acids is 2. The number of allylic oxidation sites excluding steroid dienone is 1. The first-order valence-corrected chi connectivity index (χ1v) is 13.4. The van der Waals surface area contributed by atoms with E-state index in [9.17, 15) is 24.9 Å².